The Balaban J connectivity index is 2.61. The molecule has 0 saturated carbocycles. The molecule has 0 radical (unpaired) electrons. The fraction of sp³-hybridized carbons (Fsp3) is 0.357. The number of rotatable bonds is 3. The Morgan fingerprint density at radius 2 is 2.00 bits per heavy atom. The predicted molar refractivity (Wildman–Crippen MR) is 67.8 cm³/mol. The maximum atomic E-state index is 11.9. The summed E-state index contributed by atoms with van der Waals surface area (Å²) < 4.78 is 2.13. The van der Waals surface area contributed by atoms with Crippen molar-refractivity contribution in [2.45, 2.75) is 26.2 Å². The summed E-state index contributed by atoms with van der Waals surface area (Å²) in [5, 5.41) is 0.810. The molecule has 2 aromatic rings. The SMILES string of the molecule is CCCCc1cc(=O)c2ccccc2n1C. The zero-order valence-electron chi connectivity index (χ0n) is 9.86. The molecule has 1 aromatic heterocycles. The van der Waals surface area contributed by atoms with Crippen LogP contribution in [0.3, 0.4) is 0 Å². The normalized spacial score (nSPS) is 10.9. The maximum Gasteiger partial charge on any atom is 0.189 e. The van der Waals surface area contributed by atoms with Crippen molar-refractivity contribution in [1.29, 1.82) is 0 Å². The molecule has 0 fully saturated rings. The van der Waals surface area contributed by atoms with E-state index in [9.17, 15) is 4.79 Å². The Morgan fingerprint density at radius 1 is 1.25 bits per heavy atom. The summed E-state index contributed by atoms with van der Waals surface area (Å²) >= 11 is 0. The van der Waals surface area contributed by atoms with Gasteiger partial charge in [-0.15, -0.1) is 0 Å². The fourth-order valence-electron chi connectivity index (χ4n) is 2.05. The third-order valence-electron chi connectivity index (χ3n) is 3.05. The first-order chi connectivity index (χ1) is 7.74. The number of benzene rings is 1. The van der Waals surface area contributed by atoms with Crippen molar-refractivity contribution in [2.75, 3.05) is 0 Å². The van der Waals surface area contributed by atoms with Gasteiger partial charge >= 0.3 is 0 Å². The summed E-state index contributed by atoms with van der Waals surface area (Å²) in [7, 11) is 2.03. The summed E-state index contributed by atoms with van der Waals surface area (Å²) in [5.41, 5.74) is 2.30. The van der Waals surface area contributed by atoms with Crippen LogP contribution in [0.15, 0.2) is 35.1 Å². The van der Waals surface area contributed by atoms with Gasteiger partial charge in [0.15, 0.2) is 5.43 Å². The van der Waals surface area contributed by atoms with Crippen LogP contribution in [-0.4, -0.2) is 4.57 Å². The van der Waals surface area contributed by atoms with Crippen molar-refractivity contribution < 1.29 is 0 Å². The van der Waals surface area contributed by atoms with Gasteiger partial charge in [-0.25, -0.2) is 0 Å². The molecule has 0 bridgehead atoms. The predicted octanol–water partition coefficient (Wildman–Crippen LogP) is 2.88. The second kappa shape index (κ2) is 4.52. The molecule has 0 aliphatic carbocycles. The van der Waals surface area contributed by atoms with Gasteiger partial charge in [-0.1, -0.05) is 25.5 Å². The fourth-order valence-corrected chi connectivity index (χ4v) is 2.05. The molecule has 0 aliphatic heterocycles. The van der Waals surface area contributed by atoms with E-state index in [0.29, 0.717) is 0 Å². The number of pyridine rings is 1. The van der Waals surface area contributed by atoms with Gasteiger partial charge in [0.2, 0.25) is 0 Å². The number of aryl methyl sites for hydroxylation is 2. The van der Waals surface area contributed by atoms with Gasteiger partial charge in [-0.2, -0.15) is 0 Å². The molecule has 1 heterocycles. The van der Waals surface area contributed by atoms with E-state index >= 15 is 0 Å². The van der Waals surface area contributed by atoms with Crippen LogP contribution in [0.4, 0.5) is 0 Å². The van der Waals surface area contributed by atoms with Crippen LogP contribution >= 0.6 is 0 Å². The number of para-hydroxylation sites is 1. The van der Waals surface area contributed by atoms with Crippen LogP contribution in [-0.2, 0) is 13.5 Å². The van der Waals surface area contributed by atoms with E-state index in [-0.39, 0.29) is 5.43 Å². The van der Waals surface area contributed by atoms with E-state index in [1.807, 2.05) is 31.3 Å². The maximum absolute atomic E-state index is 11.9. The van der Waals surface area contributed by atoms with Gasteiger partial charge in [-0.05, 0) is 25.0 Å². The third-order valence-corrected chi connectivity index (χ3v) is 3.05. The number of fused-ring (bicyclic) bond motifs is 1. The Kier molecular flexibility index (Phi) is 3.09. The van der Waals surface area contributed by atoms with Gasteiger partial charge in [0, 0.05) is 24.2 Å². The Hall–Kier alpha value is -1.57. The lowest BCUT2D eigenvalue weighted by molar-refractivity contribution is 0.734. The number of nitrogens with zero attached hydrogens (tertiary/aromatic N) is 1. The van der Waals surface area contributed by atoms with E-state index < -0.39 is 0 Å². The zero-order valence-corrected chi connectivity index (χ0v) is 9.86. The first-order valence-electron chi connectivity index (χ1n) is 5.81. The smallest absolute Gasteiger partial charge is 0.189 e. The quantitative estimate of drug-likeness (QED) is 0.771. The lowest BCUT2D eigenvalue weighted by atomic mass is 10.1. The molecule has 2 nitrogen and oxygen atoms in total. The van der Waals surface area contributed by atoms with Crippen LogP contribution in [0.2, 0.25) is 0 Å². The molecule has 84 valence electrons. The molecule has 0 amide bonds. The van der Waals surface area contributed by atoms with E-state index in [0.717, 1.165) is 35.9 Å². The molecule has 0 saturated heterocycles. The third kappa shape index (κ3) is 1.87. The average molecular weight is 215 g/mol. The highest BCUT2D eigenvalue weighted by Gasteiger charge is 2.04. The molecule has 1 aromatic carbocycles. The first-order valence-corrected chi connectivity index (χ1v) is 5.81. The van der Waals surface area contributed by atoms with Crippen molar-refractivity contribution >= 4 is 10.9 Å². The molecular weight excluding hydrogens is 198 g/mol. The number of unbranched alkanes of at least 4 members (excludes halogenated alkanes) is 1. The van der Waals surface area contributed by atoms with Crippen molar-refractivity contribution in [3.05, 3.63) is 46.2 Å². The molecule has 0 aliphatic rings. The molecule has 0 spiro atoms. The van der Waals surface area contributed by atoms with Crippen molar-refractivity contribution in [1.82, 2.24) is 4.57 Å². The summed E-state index contributed by atoms with van der Waals surface area (Å²) in [5.74, 6) is 0. The van der Waals surface area contributed by atoms with Crippen LogP contribution in [0, 0.1) is 0 Å². The van der Waals surface area contributed by atoms with E-state index in [1.54, 1.807) is 6.07 Å². The number of aromatic nitrogens is 1. The standard InChI is InChI=1S/C14H17NO/c1-3-4-7-11-10-14(16)12-8-5-6-9-13(12)15(11)2/h5-6,8-10H,3-4,7H2,1-2H3. The zero-order chi connectivity index (χ0) is 11.5. The van der Waals surface area contributed by atoms with Crippen LogP contribution in [0.1, 0.15) is 25.5 Å². The topological polar surface area (TPSA) is 22.0 Å². The van der Waals surface area contributed by atoms with E-state index in [1.165, 1.54) is 0 Å². The summed E-state index contributed by atoms with van der Waals surface area (Å²) in [4.78, 5) is 11.9. The van der Waals surface area contributed by atoms with Gasteiger partial charge in [-0.3, -0.25) is 4.79 Å². The van der Waals surface area contributed by atoms with Gasteiger partial charge in [0.25, 0.3) is 0 Å². The summed E-state index contributed by atoms with van der Waals surface area (Å²) in [6, 6.07) is 9.56. The molecule has 2 heteroatoms. The number of hydrogen-bond donors (Lipinski definition) is 0. The average Bonchev–Trinajstić information content (AvgIpc) is 2.32. The second-order valence-electron chi connectivity index (χ2n) is 4.18. The molecular formula is C14H17NO. The van der Waals surface area contributed by atoms with Crippen molar-refractivity contribution in [2.24, 2.45) is 7.05 Å². The van der Waals surface area contributed by atoms with Gasteiger partial charge < -0.3 is 4.57 Å². The summed E-state index contributed by atoms with van der Waals surface area (Å²) in [6.45, 7) is 2.17. The highest BCUT2D eigenvalue weighted by atomic mass is 16.1. The Bertz CT molecular complexity index is 554. The molecule has 2 rings (SSSR count). The molecule has 0 unspecified atom stereocenters. The first kappa shape index (κ1) is 10.9. The van der Waals surface area contributed by atoms with E-state index in [2.05, 4.69) is 11.5 Å². The lowest BCUT2D eigenvalue weighted by Crippen LogP contribution is -2.11. The monoisotopic (exact) mass is 215 g/mol. The van der Waals surface area contributed by atoms with E-state index in [4.69, 9.17) is 0 Å². The largest absolute Gasteiger partial charge is 0.347 e. The molecule has 0 N–H and O–H groups in total. The second-order valence-corrected chi connectivity index (χ2v) is 4.18. The summed E-state index contributed by atoms with van der Waals surface area (Å²) in [6.07, 6.45) is 3.26. The highest BCUT2D eigenvalue weighted by Crippen LogP contribution is 2.12. The minimum Gasteiger partial charge on any atom is -0.347 e. The number of hydrogen-bond acceptors (Lipinski definition) is 1. The van der Waals surface area contributed by atoms with Gasteiger partial charge in [0.05, 0.1) is 5.52 Å². The van der Waals surface area contributed by atoms with Gasteiger partial charge in [0.1, 0.15) is 0 Å². The minimum atomic E-state index is 0.139. The van der Waals surface area contributed by atoms with Crippen molar-refractivity contribution in [3.8, 4) is 0 Å². The van der Waals surface area contributed by atoms with Crippen LogP contribution in [0.25, 0.3) is 10.9 Å². The molecule has 16 heavy (non-hydrogen) atoms. The Labute approximate surface area is 95.5 Å². The lowest BCUT2D eigenvalue weighted by Gasteiger charge is -2.11. The highest BCUT2D eigenvalue weighted by molar-refractivity contribution is 5.79. The molecule has 0 atom stereocenters. The Morgan fingerprint density at radius 3 is 2.75 bits per heavy atom. The van der Waals surface area contributed by atoms with Crippen molar-refractivity contribution in [3.63, 3.8) is 0 Å². The van der Waals surface area contributed by atoms with Crippen LogP contribution in [0.5, 0.6) is 0 Å². The van der Waals surface area contributed by atoms with Crippen LogP contribution < -0.4 is 5.43 Å². The minimum absolute atomic E-state index is 0.139.